The van der Waals surface area contributed by atoms with Crippen LogP contribution in [0.4, 0.5) is 0 Å². The van der Waals surface area contributed by atoms with Crippen LogP contribution < -0.4 is 5.73 Å². The second-order valence-corrected chi connectivity index (χ2v) is 3.71. The summed E-state index contributed by atoms with van der Waals surface area (Å²) in [6, 6.07) is 0.241. The zero-order chi connectivity index (χ0) is 10.4. The van der Waals surface area contributed by atoms with Crippen molar-refractivity contribution in [3.05, 3.63) is 0 Å². The maximum atomic E-state index is 11.4. The van der Waals surface area contributed by atoms with Crippen molar-refractivity contribution in [2.24, 2.45) is 5.73 Å². The van der Waals surface area contributed by atoms with Crippen molar-refractivity contribution in [1.82, 2.24) is 4.90 Å². The predicted molar refractivity (Wildman–Crippen MR) is 53.7 cm³/mol. The van der Waals surface area contributed by atoms with E-state index in [9.17, 15) is 9.59 Å². The van der Waals surface area contributed by atoms with Crippen LogP contribution in [-0.2, 0) is 9.59 Å². The van der Waals surface area contributed by atoms with Gasteiger partial charge in [0, 0.05) is 6.04 Å². The fourth-order valence-corrected chi connectivity index (χ4v) is 2.04. The number of nitrogens with two attached hydrogens (primary N) is 1. The molecule has 0 aromatic heterocycles. The van der Waals surface area contributed by atoms with Gasteiger partial charge in [0.2, 0.25) is 5.91 Å². The van der Waals surface area contributed by atoms with E-state index in [1.165, 1.54) is 6.42 Å². The number of nitrogens with zero attached hydrogens (tertiary/aromatic N) is 1. The minimum Gasteiger partial charge on any atom is -0.332 e. The van der Waals surface area contributed by atoms with Crippen LogP contribution in [0.25, 0.3) is 0 Å². The smallest absolute Gasteiger partial charge is 0.236 e. The van der Waals surface area contributed by atoms with Gasteiger partial charge >= 0.3 is 0 Å². The van der Waals surface area contributed by atoms with Crippen LogP contribution in [0, 0.1) is 0 Å². The largest absolute Gasteiger partial charge is 0.332 e. The first-order valence-electron chi connectivity index (χ1n) is 5.22. The molecule has 1 fully saturated rings. The van der Waals surface area contributed by atoms with Crippen molar-refractivity contribution >= 4 is 12.2 Å². The van der Waals surface area contributed by atoms with Gasteiger partial charge in [-0.3, -0.25) is 4.79 Å². The van der Waals surface area contributed by atoms with Gasteiger partial charge in [-0.05, 0) is 12.8 Å². The number of rotatable bonds is 4. The number of carbonyl (C=O) groups excluding carboxylic acids is 2. The Bertz CT molecular complexity index is 200. The topological polar surface area (TPSA) is 63.4 Å². The summed E-state index contributed by atoms with van der Waals surface area (Å²) in [5, 5.41) is 0. The van der Waals surface area contributed by atoms with E-state index in [2.05, 4.69) is 0 Å². The van der Waals surface area contributed by atoms with Crippen molar-refractivity contribution in [3.8, 4) is 0 Å². The first-order chi connectivity index (χ1) is 6.79. The highest BCUT2D eigenvalue weighted by Crippen LogP contribution is 2.22. The Morgan fingerprint density at radius 1 is 1.36 bits per heavy atom. The Hall–Kier alpha value is -0.900. The molecule has 4 heteroatoms. The summed E-state index contributed by atoms with van der Waals surface area (Å²) in [5.74, 6) is -0.107. The third kappa shape index (κ3) is 2.80. The standard InChI is InChI=1S/C10H18N2O2/c11-8-10(14)12(6-7-13)9-4-2-1-3-5-9/h7,9H,1-6,8,11H2. The maximum Gasteiger partial charge on any atom is 0.236 e. The van der Waals surface area contributed by atoms with E-state index in [0.717, 1.165) is 32.0 Å². The Morgan fingerprint density at radius 3 is 2.50 bits per heavy atom. The Labute approximate surface area is 84.4 Å². The lowest BCUT2D eigenvalue weighted by molar-refractivity contribution is -0.134. The average molecular weight is 198 g/mol. The van der Waals surface area contributed by atoms with E-state index in [1.807, 2.05) is 0 Å². The number of carbonyl (C=O) groups is 2. The summed E-state index contributed by atoms with van der Waals surface area (Å²) >= 11 is 0. The first kappa shape index (κ1) is 11.2. The molecule has 0 aromatic carbocycles. The van der Waals surface area contributed by atoms with E-state index in [0.29, 0.717) is 0 Å². The minimum absolute atomic E-state index is 0.00431. The average Bonchev–Trinajstić information content (AvgIpc) is 2.26. The van der Waals surface area contributed by atoms with E-state index in [-0.39, 0.29) is 25.0 Å². The second-order valence-electron chi connectivity index (χ2n) is 3.71. The van der Waals surface area contributed by atoms with Crippen LogP contribution in [0.5, 0.6) is 0 Å². The van der Waals surface area contributed by atoms with Gasteiger partial charge in [-0.15, -0.1) is 0 Å². The highest BCUT2D eigenvalue weighted by atomic mass is 16.2. The summed E-state index contributed by atoms with van der Waals surface area (Å²) in [4.78, 5) is 23.5. The van der Waals surface area contributed by atoms with Gasteiger partial charge in [0.25, 0.3) is 0 Å². The highest BCUT2D eigenvalue weighted by molar-refractivity contribution is 5.80. The van der Waals surface area contributed by atoms with Crippen molar-refractivity contribution < 1.29 is 9.59 Å². The Kier molecular flexibility index (Phi) is 4.59. The summed E-state index contributed by atoms with van der Waals surface area (Å²) < 4.78 is 0. The highest BCUT2D eigenvalue weighted by Gasteiger charge is 2.23. The van der Waals surface area contributed by atoms with Gasteiger partial charge in [-0.2, -0.15) is 0 Å². The van der Waals surface area contributed by atoms with Crippen LogP contribution in [-0.4, -0.2) is 36.2 Å². The summed E-state index contributed by atoms with van der Waals surface area (Å²) in [6.07, 6.45) is 6.35. The van der Waals surface area contributed by atoms with E-state index < -0.39 is 0 Å². The number of hydrogen-bond acceptors (Lipinski definition) is 3. The van der Waals surface area contributed by atoms with E-state index in [1.54, 1.807) is 4.90 Å². The molecule has 0 spiro atoms. The molecule has 80 valence electrons. The van der Waals surface area contributed by atoms with Gasteiger partial charge in [-0.25, -0.2) is 0 Å². The molecule has 1 saturated carbocycles. The predicted octanol–water partition coefficient (Wildman–Crippen LogP) is 0.305. The molecule has 0 bridgehead atoms. The maximum absolute atomic E-state index is 11.4. The van der Waals surface area contributed by atoms with Gasteiger partial charge in [-0.1, -0.05) is 19.3 Å². The van der Waals surface area contributed by atoms with Crippen molar-refractivity contribution in [1.29, 1.82) is 0 Å². The molecular weight excluding hydrogens is 180 g/mol. The van der Waals surface area contributed by atoms with E-state index >= 15 is 0 Å². The molecule has 0 aliphatic heterocycles. The quantitative estimate of drug-likeness (QED) is 0.661. The van der Waals surface area contributed by atoms with Crippen LogP contribution in [0.1, 0.15) is 32.1 Å². The van der Waals surface area contributed by atoms with Crippen LogP contribution in [0.3, 0.4) is 0 Å². The molecule has 4 nitrogen and oxygen atoms in total. The molecule has 0 saturated heterocycles. The van der Waals surface area contributed by atoms with Crippen molar-refractivity contribution in [3.63, 3.8) is 0 Å². The van der Waals surface area contributed by atoms with Crippen molar-refractivity contribution in [2.75, 3.05) is 13.1 Å². The van der Waals surface area contributed by atoms with E-state index in [4.69, 9.17) is 5.73 Å². The molecule has 1 rings (SSSR count). The van der Waals surface area contributed by atoms with Gasteiger partial charge < -0.3 is 15.4 Å². The fourth-order valence-electron chi connectivity index (χ4n) is 2.04. The number of hydrogen-bond donors (Lipinski definition) is 1. The molecule has 1 aliphatic carbocycles. The molecule has 1 aliphatic rings. The third-order valence-corrected chi connectivity index (χ3v) is 2.78. The lowest BCUT2D eigenvalue weighted by Crippen LogP contribution is -2.45. The Morgan fingerprint density at radius 2 is 2.00 bits per heavy atom. The molecule has 1 amide bonds. The number of aldehydes is 1. The zero-order valence-electron chi connectivity index (χ0n) is 8.45. The summed E-state index contributed by atoms with van der Waals surface area (Å²) in [7, 11) is 0. The number of amides is 1. The second kappa shape index (κ2) is 5.75. The van der Waals surface area contributed by atoms with Crippen molar-refractivity contribution in [2.45, 2.75) is 38.1 Å². The first-order valence-corrected chi connectivity index (χ1v) is 5.22. The lowest BCUT2D eigenvalue weighted by Gasteiger charge is -2.32. The molecular formula is C10H18N2O2. The monoisotopic (exact) mass is 198 g/mol. The molecule has 2 N–H and O–H groups in total. The molecule has 0 aromatic rings. The zero-order valence-corrected chi connectivity index (χ0v) is 8.45. The van der Waals surface area contributed by atoms with Crippen LogP contribution in [0.15, 0.2) is 0 Å². The SMILES string of the molecule is NCC(=O)N(CC=O)C1CCCCC1. The van der Waals surface area contributed by atoms with Crippen LogP contribution in [0.2, 0.25) is 0 Å². The fraction of sp³-hybridized carbons (Fsp3) is 0.800. The van der Waals surface area contributed by atoms with Gasteiger partial charge in [0.15, 0.2) is 0 Å². The van der Waals surface area contributed by atoms with Gasteiger partial charge in [0.05, 0.1) is 13.1 Å². The van der Waals surface area contributed by atoms with Crippen LogP contribution >= 0.6 is 0 Å². The third-order valence-electron chi connectivity index (χ3n) is 2.78. The molecule has 0 atom stereocenters. The normalized spacial score (nSPS) is 17.8. The minimum atomic E-state index is -0.107. The summed E-state index contributed by atoms with van der Waals surface area (Å²) in [6.45, 7) is 0.199. The van der Waals surface area contributed by atoms with Gasteiger partial charge in [0.1, 0.15) is 6.29 Å². The molecule has 14 heavy (non-hydrogen) atoms. The summed E-state index contributed by atoms with van der Waals surface area (Å²) in [5.41, 5.74) is 5.30. The molecule has 0 unspecified atom stereocenters. The molecule has 0 radical (unpaired) electrons. The lowest BCUT2D eigenvalue weighted by atomic mass is 9.94. The Balaban J connectivity index is 2.55. The molecule has 0 heterocycles.